The molecule has 0 aliphatic carbocycles. The molecule has 12 nitrogen and oxygen atoms in total. The van der Waals surface area contributed by atoms with Crippen LogP contribution < -0.4 is 22.9 Å². The number of thioether (sulfide) groups is 1. The second-order valence-corrected chi connectivity index (χ2v) is 6.31. The van der Waals surface area contributed by atoms with E-state index in [0.717, 1.165) is 0 Å². The van der Waals surface area contributed by atoms with Gasteiger partial charge in [-0.25, -0.2) is 4.79 Å². The van der Waals surface area contributed by atoms with Crippen LogP contribution in [0.4, 0.5) is 23.8 Å². The number of nitrogens with zero attached hydrogens (tertiary/aromatic N) is 6. The van der Waals surface area contributed by atoms with Crippen LogP contribution in [-0.4, -0.2) is 35.9 Å². The number of nitrogen functional groups attached to an aromatic ring is 4. The molecule has 0 aliphatic heterocycles. The number of nitrogens with two attached hydrogens (primary N) is 4. The molecule has 0 aliphatic rings. The topological polar surface area (TPSA) is 208 Å². The van der Waals surface area contributed by atoms with Gasteiger partial charge in [0, 0.05) is 4.90 Å². The zero-order valence-corrected chi connectivity index (χ0v) is 15.3. The molecular weight excluding hydrogens is 384 g/mol. The van der Waals surface area contributed by atoms with E-state index in [9.17, 15) is 4.79 Å². The minimum atomic E-state index is -0.560. The predicted molar refractivity (Wildman–Crippen MR) is 102 cm³/mol. The van der Waals surface area contributed by atoms with E-state index in [1.165, 1.54) is 11.8 Å². The van der Waals surface area contributed by atoms with E-state index in [0.29, 0.717) is 22.0 Å². The fourth-order valence-corrected chi connectivity index (χ4v) is 3.05. The third-order valence-electron chi connectivity index (χ3n) is 3.23. The molecule has 0 saturated heterocycles. The van der Waals surface area contributed by atoms with Gasteiger partial charge in [0.1, 0.15) is 5.82 Å². The van der Waals surface area contributed by atoms with E-state index in [2.05, 4.69) is 29.9 Å². The molecule has 8 N–H and O–H groups in total. The molecule has 28 heavy (non-hydrogen) atoms. The maximum absolute atomic E-state index is 12.5. The summed E-state index contributed by atoms with van der Waals surface area (Å²) >= 11 is 1.33. The van der Waals surface area contributed by atoms with Gasteiger partial charge >= 0.3 is 5.97 Å². The smallest absolute Gasteiger partial charge is 0.339 e. The Morgan fingerprint density at radius 1 is 0.821 bits per heavy atom. The molecule has 0 unspecified atom stereocenters. The largest absolute Gasteiger partial charge is 0.454 e. The van der Waals surface area contributed by atoms with Crippen LogP contribution >= 0.6 is 11.8 Å². The monoisotopic (exact) mass is 400 g/mol. The van der Waals surface area contributed by atoms with E-state index in [-0.39, 0.29) is 36.2 Å². The van der Waals surface area contributed by atoms with E-state index in [1.54, 1.807) is 24.3 Å². The average molecular weight is 400 g/mol. The highest BCUT2D eigenvalue weighted by Gasteiger charge is 2.15. The average Bonchev–Trinajstić information content (AvgIpc) is 2.63. The quantitative estimate of drug-likeness (QED) is 0.318. The highest BCUT2D eigenvalue weighted by molar-refractivity contribution is 7.98. The summed E-state index contributed by atoms with van der Waals surface area (Å²) in [7, 11) is 0. The number of hydrogen-bond acceptors (Lipinski definition) is 13. The molecule has 144 valence electrons. The molecule has 2 heterocycles. The van der Waals surface area contributed by atoms with E-state index in [4.69, 9.17) is 27.7 Å². The molecule has 3 aromatic rings. The molecule has 2 aromatic heterocycles. The van der Waals surface area contributed by atoms with Crippen molar-refractivity contribution in [2.24, 2.45) is 0 Å². The summed E-state index contributed by atoms with van der Waals surface area (Å²) in [6, 6.07) is 6.92. The predicted octanol–water partition coefficient (Wildman–Crippen LogP) is 0.0347. The van der Waals surface area contributed by atoms with E-state index in [1.807, 2.05) is 0 Å². The van der Waals surface area contributed by atoms with Crippen molar-refractivity contribution in [1.82, 2.24) is 29.9 Å². The SMILES string of the molecule is Nc1nc(N)nc(COC(=O)c2ccccc2SCc2nc(N)nc(N)n2)n1. The van der Waals surface area contributed by atoms with Gasteiger partial charge < -0.3 is 27.7 Å². The minimum absolute atomic E-state index is 0.0340. The third-order valence-corrected chi connectivity index (χ3v) is 4.30. The van der Waals surface area contributed by atoms with Gasteiger partial charge in [-0.15, -0.1) is 11.8 Å². The number of carbonyl (C=O) groups excluding carboxylic acids is 1. The Hall–Kier alpha value is -3.74. The maximum Gasteiger partial charge on any atom is 0.339 e. The molecular formula is C15H16N10O2S. The molecule has 0 fully saturated rings. The van der Waals surface area contributed by atoms with Gasteiger partial charge in [0.15, 0.2) is 12.4 Å². The summed E-state index contributed by atoms with van der Waals surface area (Å²) in [5.41, 5.74) is 22.5. The molecule has 1 aromatic carbocycles. The lowest BCUT2D eigenvalue weighted by molar-refractivity contribution is 0.0458. The number of hydrogen-bond donors (Lipinski definition) is 4. The van der Waals surface area contributed by atoms with Crippen molar-refractivity contribution < 1.29 is 9.53 Å². The van der Waals surface area contributed by atoms with E-state index < -0.39 is 5.97 Å². The van der Waals surface area contributed by atoms with Gasteiger partial charge in [0.2, 0.25) is 23.8 Å². The molecule has 0 amide bonds. The normalized spacial score (nSPS) is 10.6. The van der Waals surface area contributed by atoms with Gasteiger partial charge in [-0.3, -0.25) is 0 Å². The van der Waals surface area contributed by atoms with Crippen molar-refractivity contribution in [2.45, 2.75) is 17.3 Å². The van der Waals surface area contributed by atoms with Crippen LogP contribution in [0, 0.1) is 0 Å². The van der Waals surface area contributed by atoms with Crippen LogP contribution in [0.25, 0.3) is 0 Å². The van der Waals surface area contributed by atoms with Crippen LogP contribution in [0.1, 0.15) is 22.0 Å². The number of carbonyl (C=O) groups is 1. The summed E-state index contributed by atoms with van der Waals surface area (Å²) in [6.07, 6.45) is 0. The van der Waals surface area contributed by atoms with Gasteiger partial charge in [0.25, 0.3) is 0 Å². The summed E-state index contributed by atoms with van der Waals surface area (Å²) < 4.78 is 5.26. The van der Waals surface area contributed by atoms with Crippen molar-refractivity contribution in [1.29, 1.82) is 0 Å². The van der Waals surface area contributed by atoms with Crippen LogP contribution in [0.2, 0.25) is 0 Å². The molecule has 0 bridgehead atoms. The number of rotatable bonds is 6. The van der Waals surface area contributed by atoms with Crippen LogP contribution in [0.3, 0.4) is 0 Å². The first-order chi connectivity index (χ1) is 13.4. The lowest BCUT2D eigenvalue weighted by Crippen LogP contribution is -2.11. The number of anilines is 4. The van der Waals surface area contributed by atoms with Crippen molar-refractivity contribution in [3.63, 3.8) is 0 Å². The summed E-state index contributed by atoms with van der Waals surface area (Å²) in [5.74, 6) is 0.292. The summed E-state index contributed by atoms with van der Waals surface area (Å²) in [5, 5.41) is 0. The minimum Gasteiger partial charge on any atom is -0.454 e. The fraction of sp³-hybridized carbons (Fsp3) is 0.133. The fourth-order valence-electron chi connectivity index (χ4n) is 2.15. The number of benzene rings is 1. The van der Waals surface area contributed by atoms with Crippen LogP contribution in [0.5, 0.6) is 0 Å². The third kappa shape index (κ3) is 4.91. The standard InChI is InChI=1S/C15H16N10O2S/c16-12-20-9(21-13(17)24-12)5-27-11(26)7-3-1-2-4-8(7)28-6-10-22-14(18)25-15(19)23-10/h1-4H,5-6H2,(H4,16,17,20,21,24)(H4,18,19,22,23,25). The molecule has 0 saturated carbocycles. The van der Waals surface area contributed by atoms with Crippen LogP contribution in [-0.2, 0) is 17.1 Å². The first kappa shape index (κ1) is 19.0. The summed E-state index contributed by atoms with van der Waals surface area (Å²) in [6.45, 7) is -0.199. The number of aromatic nitrogens is 6. The van der Waals surface area contributed by atoms with Gasteiger partial charge in [-0.1, -0.05) is 12.1 Å². The Kier molecular flexibility index (Phi) is 5.64. The molecule has 0 atom stereocenters. The number of esters is 1. The maximum atomic E-state index is 12.5. The molecule has 0 radical (unpaired) electrons. The van der Waals surface area contributed by atoms with Crippen molar-refractivity contribution >= 4 is 41.5 Å². The van der Waals surface area contributed by atoms with Gasteiger partial charge in [-0.2, -0.15) is 29.9 Å². The molecule has 13 heteroatoms. The number of ether oxygens (including phenoxy) is 1. The Labute approximate surface area is 163 Å². The zero-order valence-electron chi connectivity index (χ0n) is 14.4. The Balaban J connectivity index is 1.69. The molecule has 3 rings (SSSR count). The lowest BCUT2D eigenvalue weighted by Gasteiger charge is -2.09. The second-order valence-electron chi connectivity index (χ2n) is 5.30. The first-order valence-corrected chi connectivity index (χ1v) is 8.80. The second kappa shape index (κ2) is 8.30. The Morgan fingerprint density at radius 3 is 1.96 bits per heavy atom. The van der Waals surface area contributed by atoms with Gasteiger partial charge in [-0.05, 0) is 12.1 Å². The molecule has 0 spiro atoms. The Bertz CT molecular complexity index is 975. The summed E-state index contributed by atoms with van der Waals surface area (Å²) in [4.78, 5) is 36.3. The lowest BCUT2D eigenvalue weighted by atomic mass is 10.2. The highest BCUT2D eigenvalue weighted by atomic mass is 32.2. The Morgan fingerprint density at radius 2 is 1.36 bits per heavy atom. The first-order valence-electron chi connectivity index (χ1n) is 7.81. The van der Waals surface area contributed by atoms with Crippen molar-refractivity contribution in [3.05, 3.63) is 41.5 Å². The van der Waals surface area contributed by atoms with Crippen molar-refractivity contribution in [3.8, 4) is 0 Å². The van der Waals surface area contributed by atoms with Crippen molar-refractivity contribution in [2.75, 3.05) is 22.9 Å². The highest BCUT2D eigenvalue weighted by Crippen LogP contribution is 2.26. The van der Waals surface area contributed by atoms with Crippen LogP contribution in [0.15, 0.2) is 29.2 Å². The van der Waals surface area contributed by atoms with E-state index >= 15 is 0 Å². The zero-order chi connectivity index (χ0) is 20.1. The van der Waals surface area contributed by atoms with Gasteiger partial charge in [0.05, 0.1) is 11.3 Å².